The Labute approximate surface area is 182 Å². The minimum atomic E-state index is -0.721. The van der Waals surface area contributed by atoms with E-state index in [0.717, 1.165) is 21.8 Å². The number of rotatable bonds is 7. The number of thiophene rings is 1. The number of hydrogen-bond acceptors (Lipinski definition) is 6. The van der Waals surface area contributed by atoms with Gasteiger partial charge in [0.15, 0.2) is 0 Å². The third-order valence-corrected chi connectivity index (χ3v) is 6.79. The van der Waals surface area contributed by atoms with Crippen LogP contribution >= 0.6 is 23.1 Å². The van der Waals surface area contributed by atoms with Gasteiger partial charge in [-0.05, 0) is 30.2 Å². The molecule has 8 heteroatoms. The number of carbonyl (C=O) groups is 3. The van der Waals surface area contributed by atoms with Crippen molar-refractivity contribution in [3.05, 3.63) is 82.2 Å². The van der Waals surface area contributed by atoms with Crippen LogP contribution in [-0.4, -0.2) is 24.9 Å². The molecule has 1 heterocycles. The summed E-state index contributed by atoms with van der Waals surface area (Å²) < 4.78 is 4.77. The fourth-order valence-corrected chi connectivity index (χ4v) is 5.08. The first-order valence-corrected chi connectivity index (χ1v) is 10.7. The van der Waals surface area contributed by atoms with Gasteiger partial charge in [-0.2, -0.15) is 0 Å². The van der Waals surface area contributed by atoms with Crippen LogP contribution in [0.3, 0.4) is 0 Å². The van der Waals surface area contributed by atoms with E-state index in [1.807, 2.05) is 60.7 Å². The summed E-state index contributed by atoms with van der Waals surface area (Å²) >= 11 is 2.37. The van der Waals surface area contributed by atoms with E-state index in [-0.39, 0.29) is 21.3 Å². The Balaban J connectivity index is 1.96. The SMILES string of the molecule is COC(=O)c1sc(NC(=O)C(Sc2ccccc2)c2ccccc2)c(C(N)=O)c1C. The van der Waals surface area contributed by atoms with E-state index in [1.54, 1.807) is 6.92 Å². The summed E-state index contributed by atoms with van der Waals surface area (Å²) in [4.78, 5) is 38.4. The number of thioether (sulfide) groups is 1. The van der Waals surface area contributed by atoms with Gasteiger partial charge < -0.3 is 15.8 Å². The van der Waals surface area contributed by atoms with E-state index in [9.17, 15) is 14.4 Å². The monoisotopic (exact) mass is 440 g/mol. The first-order valence-electron chi connectivity index (χ1n) is 9.01. The molecule has 0 saturated heterocycles. The van der Waals surface area contributed by atoms with Crippen molar-refractivity contribution in [1.82, 2.24) is 0 Å². The van der Waals surface area contributed by atoms with Gasteiger partial charge in [-0.1, -0.05) is 48.5 Å². The Bertz CT molecular complexity index is 1070. The van der Waals surface area contributed by atoms with E-state index in [2.05, 4.69) is 5.32 Å². The van der Waals surface area contributed by atoms with Crippen LogP contribution in [0.25, 0.3) is 0 Å². The van der Waals surface area contributed by atoms with E-state index < -0.39 is 17.1 Å². The van der Waals surface area contributed by atoms with E-state index in [1.165, 1.54) is 18.9 Å². The molecular formula is C22H20N2O4S2. The molecule has 0 saturated carbocycles. The van der Waals surface area contributed by atoms with Crippen LogP contribution in [0.2, 0.25) is 0 Å². The fourth-order valence-electron chi connectivity index (χ4n) is 2.90. The first-order chi connectivity index (χ1) is 14.4. The van der Waals surface area contributed by atoms with Gasteiger partial charge in [-0.15, -0.1) is 23.1 Å². The highest BCUT2D eigenvalue weighted by Gasteiger charge is 2.28. The molecule has 0 aliphatic carbocycles. The lowest BCUT2D eigenvalue weighted by Crippen LogP contribution is -2.21. The van der Waals surface area contributed by atoms with Crippen LogP contribution in [0.1, 0.15) is 36.4 Å². The number of carbonyl (C=O) groups excluding carboxylic acids is 3. The molecule has 1 aromatic heterocycles. The second kappa shape index (κ2) is 9.60. The molecular weight excluding hydrogens is 420 g/mol. The number of anilines is 1. The molecule has 2 aromatic carbocycles. The fraction of sp³-hybridized carbons (Fsp3) is 0.136. The van der Waals surface area contributed by atoms with Crippen molar-refractivity contribution in [1.29, 1.82) is 0 Å². The maximum absolute atomic E-state index is 13.3. The van der Waals surface area contributed by atoms with Gasteiger partial charge in [0.25, 0.3) is 5.91 Å². The van der Waals surface area contributed by atoms with Crippen molar-refractivity contribution in [2.75, 3.05) is 12.4 Å². The Morgan fingerprint density at radius 3 is 2.20 bits per heavy atom. The average molecular weight is 441 g/mol. The molecule has 154 valence electrons. The number of nitrogens with two attached hydrogens (primary N) is 1. The van der Waals surface area contributed by atoms with Gasteiger partial charge in [0.1, 0.15) is 15.1 Å². The molecule has 3 aromatic rings. The maximum atomic E-state index is 13.3. The standard InChI is InChI=1S/C22H20N2O4S2/c1-13-16(19(23)25)21(30-17(13)22(27)28-2)24-20(26)18(14-9-5-3-6-10-14)29-15-11-7-4-8-12-15/h3-12,18H,1-2H3,(H2,23,25)(H,24,26). The highest BCUT2D eigenvalue weighted by Crippen LogP contribution is 2.38. The minimum Gasteiger partial charge on any atom is -0.465 e. The third kappa shape index (κ3) is 4.72. The van der Waals surface area contributed by atoms with Gasteiger partial charge in [-0.3, -0.25) is 9.59 Å². The largest absolute Gasteiger partial charge is 0.465 e. The van der Waals surface area contributed by atoms with Crippen LogP contribution < -0.4 is 11.1 Å². The zero-order valence-electron chi connectivity index (χ0n) is 16.4. The van der Waals surface area contributed by atoms with Crippen LogP contribution in [-0.2, 0) is 9.53 Å². The minimum absolute atomic E-state index is 0.116. The lowest BCUT2D eigenvalue weighted by Gasteiger charge is -2.17. The summed E-state index contributed by atoms with van der Waals surface area (Å²) in [6.07, 6.45) is 0. The van der Waals surface area contributed by atoms with Gasteiger partial charge in [0.05, 0.1) is 12.7 Å². The molecule has 0 fully saturated rings. The maximum Gasteiger partial charge on any atom is 0.348 e. The normalized spacial score (nSPS) is 11.5. The molecule has 0 aliphatic heterocycles. The number of esters is 1. The molecule has 0 radical (unpaired) electrons. The molecule has 0 bridgehead atoms. The van der Waals surface area contributed by atoms with E-state index >= 15 is 0 Å². The summed E-state index contributed by atoms with van der Waals surface area (Å²) in [5.41, 5.74) is 6.83. The summed E-state index contributed by atoms with van der Waals surface area (Å²) in [6.45, 7) is 1.60. The highest BCUT2D eigenvalue weighted by atomic mass is 32.2. The predicted molar refractivity (Wildman–Crippen MR) is 119 cm³/mol. The summed E-state index contributed by atoms with van der Waals surface area (Å²) in [5, 5.41) is 2.47. The number of benzene rings is 2. The molecule has 0 aliphatic rings. The summed E-state index contributed by atoms with van der Waals surface area (Å²) in [6, 6.07) is 18.9. The third-order valence-electron chi connectivity index (χ3n) is 4.34. The second-order valence-corrected chi connectivity index (χ2v) is 8.53. The number of hydrogen-bond donors (Lipinski definition) is 2. The molecule has 1 unspecified atom stereocenters. The highest BCUT2D eigenvalue weighted by molar-refractivity contribution is 8.00. The van der Waals surface area contributed by atoms with Gasteiger partial charge in [0.2, 0.25) is 5.91 Å². The summed E-state index contributed by atoms with van der Waals surface area (Å²) in [5.74, 6) is -1.63. The Morgan fingerprint density at radius 2 is 1.63 bits per heavy atom. The molecule has 2 amide bonds. The van der Waals surface area contributed by atoms with E-state index in [4.69, 9.17) is 10.5 Å². The number of primary amides is 1. The number of methoxy groups -OCH3 is 1. The number of ether oxygens (including phenoxy) is 1. The van der Waals surface area contributed by atoms with Crippen LogP contribution in [0.15, 0.2) is 65.6 Å². The predicted octanol–water partition coefficient (Wildman–Crippen LogP) is 4.41. The van der Waals surface area contributed by atoms with Crippen LogP contribution in [0, 0.1) is 6.92 Å². The molecule has 30 heavy (non-hydrogen) atoms. The average Bonchev–Trinajstić information content (AvgIpc) is 3.08. The molecule has 3 rings (SSSR count). The quantitative estimate of drug-likeness (QED) is 0.419. The lowest BCUT2D eigenvalue weighted by molar-refractivity contribution is -0.115. The smallest absolute Gasteiger partial charge is 0.348 e. The lowest BCUT2D eigenvalue weighted by atomic mass is 10.1. The summed E-state index contributed by atoms with van der Waals surface area (Å²) in [7, 11) is 1.26. The van der Waals surface area contributed by atoms with Crippen molar-refractivity contribution in [2.45, 2.75) is 17.1 Å². The van der Waals surface area contributed by atoms with Gasteiger partial charge in [-0.25, -0.2) is 4.79 Å². The van der Waals surface area contributed by atoms with Crippen LogP contribution in [0.4, 0.5) is 5.00 Å². The Kier molecular flexibility index (Phi) is 6.91. The Hall–Kier alpha value is -3.10. The van der Waals surface area contributed by atoms with Gasteiger partial charge >= 0.3 is 5.97 Å². The van der Waals surface area contributed by atoms with Crippen molar-refractivity contribution in [3.63, 3.8) is 0 Å². The molecule has 3 N–H and O–H groups in total. The molecule has 6 nitrogen and oxygen atoms in total. The topological polar surface area (TPSA) is 98.5 Å². The number of nitrogens with one attached hydrogen (secondary N) is 1. The zero-order valence-corrected chi connectivity index (χ0v) is 18.0. The van der Waals surface area contributed by atoms with Crippen LogP contribution in [0.5, 0.6) is 0 Å². The number of amides is 2. The molecule has 0 spiro atoms. The van der Waals surface area contributed by atoms with Crippen molar-refractivity contribution < 1.29 is 19.1 Å². The zero-order chi connectivity index (χ0) is 21.7. The van der Waals surface area contributed by atoms with Crippen molar-refractivity contribution >= 4 is 45.9 Å². The molecule has 1 atom stereocenters. The van der Waals surface area contributed by atoms with Crippen molar-refractivity contribution in [3.8, 4) is 0 Å². The van der Waals surface area contributed by atoms with Gasteiger partial charge in [0, 0.05) is 4.90 Å². The van der Waals surface area contributed by atoms with Crippen molar-refractivity contribution in [2.24, 2.45) is 5.73 Å². The second-order valence-electron chi connectivity index (χ2n) is 6.33. The Morgan fingerprint density at radius 1 is 1.03 bits per heavy atom. The first kappa shape index (κ1) is 21.6. The van der Waals surface area contributed by atoms with E-state index in [0.29, 0.717) is 5.56 Å².